The number of hydrogen-bond acceptors (Lipinski definition) is 2. The number of allylic oxidation sites excluding steroid dienone is 2. The molecule has 0 aromatic carbocycles. The number of rotatable bonds is 0. The Morgan fingerprint density at radius 1 is 1.39 bits per heavy atom. The molecule has 0 aliphatic heterocycles. The molecule has 1 fully saturated rings. The number of carbonyl (C=O) groups is 1. The second kappa shape index (κ2) is 3.63. The van der Waals surface area contributed by atoms with E-state index in [1.807, 2.05) is 6.07 Å². The van der Waals surface area contributed by atoms with Crippen LogP contribution >= 0.6 is 0 Å². The van der Waals surface area contributed by atoms with E-state index in [1.54, 1.807) is 20.8 Å². The van der Waals surface area contributed by atoms with Gasteiger partial charge in [-0.05, 0) is 17.8 Å². The number of nitrogens with zero attached hydrogens (tertiary/aromatic N) is 1. The van der Waals surface area contributed by atoms with Crippen LogP contribution in [0, 0.1) is 28.1 Å². The Balaban J connectivity index is 2.53. The van der Waals surface area contributed by atoms with Crippen LogP contribution in [0.1, 0.15) is 40.0 Å². The lowest BCUT2D eigenvalue weighted by atomic mass is 9.52. The van der Waals surface area contributed by atoms with Crippen molar-refractivity contribution in [3.63, 3.8) is 0 Å². The summed E-state index contributed by atoms with van der Waals surface area (Å²) in [6.45, 7) is 5.29. The van der Waals surface area contributed by atoms with Crippen LogP contribution in [0.5, 0.6) is 0 Å². The molecule has 98 valence electrons. The summed E-state index contributed by atoms with van der Waals surface area (Å²) in [5.74, 6) is -3.02. The maximum absolute atomic E-state index is 13.6. The van der Waals surface area contributed by atoms with Gasteiger partial charge in [0.2, 0.25) is 5.92 Å². The molecule has 2 atom stereocenters. The Kier molecular flexibility index (Phi) is 2.66. The molecule has 18 heavy (non-hydrogen) atoms. The predicted octanol–water partition coefficient (Wildman–Crippen LogP) is 3.49. The normalized spacial score (nSPS) is 37.4. The van der Waals surface area contributed by atoms with Crippen LogP contribution in [-0.2, 0) is 4.79 Å². The van der Waals surface area contributed by atoms with Gasteiger partial charge in [-0.2, -0.15) is 5.26 Å². The molecule has 0 saturated heterocycles. The minimum absolute atomic E-state index is 0.0384. The SMILES string of the molecule is CC1(C)C(=O)C(C#N)=C[C@@]2(C)CC(F)(F)CC[C@@H]12. The van der Waals surface area contributed by atoms with Crippen molar-refractivity contribution in [2.45, 2.75) is 46.0 Å². The Hall–Kier alpha value is -1.24. The summed E-state index contributed by atoms with van der Waals surface area (Å²) in [4.78, 5) is 12.2. The molecule has 0 aromatic rings. The molecule has 2 nitrogen and oxygen atoms in total. The quantitative estimate of drug-likeness (QED) is 0.663. The summed E-state index contributed by atoms with van der Waals surface area (Å²) >= 11 is 0. The predicted molar refractivity (Wildman–Crippen MR) is 62.9 cm³/mol. The third-order valence-corrected chi connectivity index (χ3v) is 4.53. The third kappa shape index (κ3) is 1.77. The van der Waals surface area contributed by atoms with Gasteiger partial charge in [0.15, 0.2) is 5.78 Å². The van der Waals surface area contributed by atoms with Gasteiger partial charge in [0.05, 0.1) is 5.57 Å². The second-order valence-electron chi connectivity index (χ2n) is 6.35. The topological polar surface area (TPSA) is 40.9 Å². The Morgan fingerprint density at radius 2 is 2.00 bits per heavy atom. The zero-order valence-electron chi connectivity index (χ0n) is 10.9. The van der Waals surface area contributed by atoms with Gasteiger partial charge in [0.25, 0.3) is 0 Å². The van der Waals surface area contributed by atoms with E-state index in [0.29, 0.717) is 6.42 Å². The Morgan fingerprint density at radius 3 is 2.56 bits per heavy atom. The molecule has 4 heteroatoms. The maximum atomic E-state index is 13.6. The third-order valence-electron chi connectivity index (χ3n) is 4.53. The highest BCUT2D eigenvalue weighted by atomic mass is 19.3. The molecule has 0 unspecified atom stereocenters. The van der Waals surface area contributed by atoms with Crippen molar-refractivity contribution in [1.29, 1.82) is 5.26 Å². The summed E-state index contributed by atoms with van der Waals surface area (Å²) in [5, 5.41) is 9.00. The molecule has 0 bridgehead atoms. The molecule has 0 amide bonds. The van der Waals surface area contributed by atoms with Crippen LogP contribution in [-0.4, -0.2) is 11.7 Å². The van der Waals surface area contributed by atoms with Gasteiger partial charge in [0.1, 0.15) is 6.07 Å². The molecular formula is C14H17F2NO. The van der Waals surface area contributed by atoms with Crippen molar-refractivity contribution in [3.8, 4) is 6.07 Å². The Bertz CT molecular complexity index is 473. The van der Waals surface area contributed by atoms with Gasteiger partial charge in [-0.15, -0.1) is 0 Å². The van der Waals surface area contributed by atoms with E-state index in [2.05, 4.69) is 0 Å². The van der Waals surface area contributed by atoms with Crippen LogP contribution in [0.4, 0.5) is 8.78 Å². The number of hydrogen-bond donors (Lipinski definition) is 0. The lowest BCUT2D eigenvalue weighted by Crippen LogP contribution is -2.51. The van der Waals surface area contributed by atoms with Gasteiger partial charge in [-0.3, -0.25) is 4.79 Å². The lowest BCUT2D eigenvalue weighted by molar-refractivity contribution is -0.143. The summed E-state index contributed by atoms with van der Waals surface area (Å²) in [7, 11) is 0. The molecule has 0 heterocycles. The fourth-order valence-corrected chi connectivity index (χ4v) is 3.77. The van der Waals surface area contributed by atoms with E-state index in [0.717, 1.165) is 0 Å². The molecule has 1 saturated carbocycles. The number of Topliss-reactive ketones (excluding diaryl/α,β-unsaturated/α-hetero) is 1. The van der Waals surface area contributed by atoms with Gasteiger partial charge in [0, 0.05) is 18.3 Å². The monoisotopic (exact) mass is 253 g/mol. The van der Waals surface area contributed by atoms with E-state index >= 15 is 0 Å². The van der Waals surface area contributed by atoms with Crippen molar-refractivity contribution >= 4 is 5.78 Å². The largest absolute Gasteiger partial charge is 0.293 e. The number of halogens is 2. The highest BCUT2D eigenvalue weighted by molar-refractivity contribution is 6.04. The second-order valence-corrected chi connectivity index (χ2v) is 6.35. The molecule has 0 N–H and O–H groups in total. The number of ketones is 1. The first-order valence-corrected chi connectivity index (χ1v) is 6.18. The van der Waals surface area contributed by atoms with Crippen molar-refractivity contribution in [2.24, 2.45) is 16.7 Å². The number of carbonyl (C=O) groups excluding carboxylic acids is 1. The van der Waals surface area contributed by atoms with Crippen LogP contribution < -0.4 is 0 Å². The number of fused-ring (bicyclic) bond motifs is 1. The molecule has 2 aliphatic carbocycles. The molecule has 2 rings (SSSR count). The smallest absolute Gasteiger partial charge is 0.249 e. The van der Waals surface area contributed by atoms with Gasteiger partial charge >= 0.3 is 0 Å². The first-order valence-electron chi connectivity index (χ1n) is 6.18. The lowest BCUT2D eigenvalue weighted by Gasteiger charge is -2.51. The first-order chi connectivity index (χ1) is 8.12. The molecule has 2 aliphatic rings. The molecular weight excluding hydrogens is 236 g/mol. The van der Waals surface area contributed by atoms with Crippen LogP contribution in [0.25, 0.3) is 0 Å². The van der Waals surface area contributed by atoms with Crippen molar-refractivity contribution in [3.05, 3.63) is 11.6 Å². The molecule has 0 radical (unpaired) electrons. The average molecular weight is 253 g/mol. The van der Waals surface area contributed by atoms with Crippen LogP contribution in [0.3, 0.4) is 0 Å². The average Bonchev–Trinajstić information content (AvgIpc) is 2.21. The summed E-state index contributed by atoms with van der Waals surface area (Å²) in [6.07, 6.45) is 1.38. The van der Waals surface area contributed by atoms with Crippen molar-refractivity contribution in [2.75, 3.05) is 0 Å². The van der Waals surface area contributed by atoms with E-state index in [4.69, 9.17) is 5.26 Å². The van der Waals surface area contributed by atoms with Gasteiger partial charge in [-0.1, -0.05) is 26.8 Å². The van der Waals surface area contributed by atoms with Gasteiger partial charge < -0.3 is 0 Å². The fraction of sp³-hybridized carbons (Fsp3) is 0.714. The number of alkyl halides is 2. The summed E-state index contributed by atoms with van der Waals surface area (Å²) in [5.41, 5.74) is -1.45. The Labute approximate surface area is 106 Å². The van der Waals surface area contributed by atoms with Crippen molar-refractivity contribution < 1.29 is 13.6 Å². The van der Waals surface area contributed by atoms with Crippen LogP contribution in [0.2, 0.25) is 0 Å². The minimum Gasteiger partial charge on any atom is -0.293 e. The zero-order valence-corrected chi connectivity index (χ0v) is 10.9. The van der Waals surface area contributed by atoms with E-state index in [-0.39, 0.29) is 30.1 Å². The first kappa shape index (κ1) is 13.2. The highest BCUT2D eigenvalue weighted by Gasteiger charge is 2.57. The minimum atomic E-state index is -2.70. The highest BCUT2D eigenvalue weighted by Crippen LogP contribution is 2.58. The summed E-state index contributed by atoms with van der Waals surface area (Å²) < 4.78 is 27.2. The van der Waals surface area contributed by atoms with Crippen LogP contribution in [0.15, 0.2) is 11.6 Å². The molecule has 0 aromatic heterocycles. The number of nitriles is 1. The van der Waals surface area contributed by atoms with Crippen molar-refractivity contribution in [1.82, 2.24) is 0 Å². The summed E-state index contributed by atoms with van der Waals surface area (Å²) in [6, 6.07) is 1.86. The zero-order chi connectivity index (χ0) is 13.8. The van der Waals surface area contributed by atoms with E-state index < -0.39 is 16.8 Å². The standard InChI is InChI=1S/C14H17F2NO/c1-12(2)10-4-5-14(15,16)8-13(10,3)6-9(7-17)11(12)18/h6,10H,4-5,8H2,1-3H3/t10-,13-/m0/s1. The maximum Gasteiger partial charge on any atom is 0.249 e. The van der Waals surface area contributed by atoms with E-state index in [9.17, 15) is 13.6 Å². The van der Waals surface area contributed by atoms with E-state index in [1.165, 1.54) is 6.08 Å². The fourth-order valence-electron chi connectivity index (χ4n) is 3.77. The van der Waals surface area contributed by atoms with Gasteiger partial charge in [-0.25, -0.2) is 8.78 Å². The molecule has 0 spiro atoms.